The number of hydrogen-bond donors (Lipinski definition) is 1. The van der Waals surface area contributed by atoms with E-state index < -0.39 is 28.5 Å². The Labute approximate surface area is 205 Å². The van der Waals surface area contributed by atoms with Gasteiger partial charge in [-0.15, -0.1) is 0 Å². The third-order valence-electron chi connectivity index (χ3n) is 5.30. The first-order valence-corrected chi connectivity index (χ1v) is 13.0. The van der Waals surface area contributed by atoms with E-state index in [1.165, 1.54) is 11.9 Å². The maximum Gasteiger partial charge on any atom is 0.244 e. The van der Waals surface area contributed by atoms with Crippen molar-refractivity contribution in [3.05, 3.63) is 63.1 Å². The van der Waals surface area contributed by atoms with Crippen LogP contribution < -0.4 is 9.62 Å². The van der Waals surface area contributed by atoms with Gasteiger partial charge in [0.25, 0.3) is 0 Å². The van der Waals surface area contributed by atoms with E-state index in [4.69, 9.17) is 23.2 Å². The summed E-state index contributed by atoms with van der Waals surface area (Å²) in [5, 5.41) is 3.37. The van der Waals surface area contributed by atoms with Crippen molar-refractivity contribution in [1.82, 2.24) is 10.2 Å². The zero-order chi connectivity index (χ0) is 24.9. The van der Waals surface area contributed by atoms with Gasteiger partial charge in [0.1, 0.15) is 12.6 Å². The average Bonchev–Trinajstić information content (AvgIpc) is 2.74. The Kier molecular flexibility index (Phi) is 9.17. The van der Waals surface area contributed by atoms with E-state index >= 15 is 0 Å². The molecule has 1 N–H and O–H groups in total. The molecule has 7 nitrogen and oxygen atoms in total. The SMILES string of the molecule is CC[C@H](C(=O)NC)N(Cc1ccc(Cl)cc1Cl)C(=O)CN(c1cc(C)ccc1C)S(C)(=O)=O. The molecular formula is C23H29Cl2N3O4S. The zero-order valence-electron chi connectivity index (χ0n) is 19.4. The Morgan fingerprint density at radius 1 is 1.09 bits per heavy atom. The summed E-state index contributed by atoms with van der Waals surface area (Å²) in [5.74, 6) is -0.878. The lowest BCUT2D eigenvalue weighted by atomic mass is 10.1. The molecule has 0 aromatic heterocycles. The molecular weight excluding hydrogens is 485 g/mol. The van der Waals surface area contributed by atoms with Gasteiger partial charge in [0, 0.05) is 23.6 Å². The second-order valence-corrected chi connectivity index (χ2v) is 10.6. The van der Waals surface area contributed by atoms with Crippen molar-refractivity contribution in [3.63, 3.8) is 0 Å². The number of hydrogen-bond acceptors (Lipinski definition) is 4. The van der Waals surface area contributed by atoms with Crippen LogP contribution in [0.3, 0.4) is 0 Å². The first-order chi connectivity index (χ1) is 15.4. The van der Waals surface area contributed by atoms with Gasteiger partial charge in [-0.3, -0.25) is 13.9 Å². The molecule has 1 atom stereocenters. The number of likely N-dealkylation sites (N-methyl/N-ethyl adjacent to an activating group) is 1. The monoisotopic (exact) mass is 513 g/mol. The van der Waals surface area contributed by atoms with Gasteiger partial charge in [-0.2, -0.15) is 0 Å². The van der Waals surface area contributed by atoms with Gasteiger partial charge in [0.05, 0.1) is 11.9 Å². The number of sulfonamides is 1. The van der Waals surface area contributed by atoms with Crippen LogP contribution in [0.4, 0.5) is 5.69 Å². The maximum atomic E-state index is 13.5. The minimum Gasteiger partial charge on any atom is -0.357 e. The van der Waals surface area contributed by atoms with Crippen LogP contribution in [0.1, 0.15) is 30.0 Å². The summed E-state index contributed by atoms with van der Waals surface area (Å²) in [6.07, 6.45) is 1.39. The predicted molar refractivity (Wildman–Crippen MR) is 133 cm³/mol. The van der Waals surface area contributed by atoms with Crippen LogP contribution in [-0.2, 0) is 26.2 Å². The van der Waals surface area contributed by atoms with E-state index in [1.807, 2.05) is 13.0 Å². The van der Waals surface area contributed by atoms with Crippen molar-refractivity contribution in [3.8, 4) is 0 Å². The Morgan fingerprint density at radius 2 is 1.76 bits per heavy atom. The molecule has 33 heavy (non-hydrogen) atoms. The summed E-state index contributed by atoms with van der Waals surface area (Å²) in [7, 11) is -2.30. The molecule has 10 heteroatoms. The number of carbonyl (C=O) groups excluding carboxylic acids is 2. The summed E-state index contributed by atoms with van der Waals surface area (Å²) >= 11 is 12.3. The summed E-state index contributed by atoms with van der Waals surface area (Å²) in [5.41, 5.74) is 2.58. The number of nitrogens with zero attached hydrogens (tertiary/aromatic N) is 2. The molecule has 0 spiro atoms. The van der Waals surface area contributed by atoms with Crippen LogP contribution in [0.5, 0.6) is 0 Å². The molecule has 0 bridgehead atoms. The fraction of sp³-hybridized carbons (Fsp3) is 0.391. The Balaban J connectivity index is 2.51. The third kappa shape index (κ3) is 6.85. The number of nitrogens with one attached hydrogen (secondary N) is 1. The van der Waals surface area contributed by atoms with Crippen LogP contribution in [0.25, 0.3) is 0 Å². The van der Waals surface area contributed by atoms with Gasteiger partial charge in [-0.05, 0) is 55.2 Å². The van der Waals surface area contributed by atoms with E-state index in [-0.39, 0.29) is 12.5 Å². The lowest BCUT2D eigenvalue weighted by molar-refractivity contribution is -0.140. The van der Waals surface area contributed by atoms with Crippen molar-refractivity contribution in [2.45, 2.75) is 39.8 Å². The number of amides is 2. The molecule has 0 radical (unpaired) electrons. The number of halogens is 2. The highest BCUT2D eigenvalue weighted by Crippen LogP contribution is 2.26. The quantitative estimate of drug-likeness (QED) is 0.550. The van der Waals surface area contributed by atoms with Crippen molar-refractivity contribution in [2.24, 2.45) is 0 Å². The summed E-state index contributed by atoms with van der Waals surface area (Å²) < 4.78 is 26.4. The normalized spacial score (nSPS) is 12.2. The van der Waals surface area contributed by atoms with Crippen LogP contribution in [0, 0.1) is 13.8 Å². The molecule has 2 rings (SSSR count). The third-order valence-corrected chi connectivity index (χ3v) is 7.01. The van der Waals surface area contributed by atoms with Crippen LogP contribution in [-0.4, -0.2) is 51.0 Å². The summed E-state index contributed by atoms with van der Waals surface area (Å²) in [4.78, 5) is 27.5. The smallest absolute Gasteiger partial charge is 0.244 e. The fourth-order valence-corrected chi connectivity index (χ4v) is 4.87. The highest BCUT2D eigenvalue weighted by atomic mass is 35.5. The summed E-state index contributed by atoms with van der Waals surface area (Å²) in [6.45, 7) is 4.97. The van der Waals surface area contributed by atoms with Crippen LogP contribution in [0.2, 0.25) is 10.0 Å². The average molecular weight is 514 g/mol. The van der Waals surface area contributed by atoms with Gasteiger partial charge in [0.2, 0.25) is 21.8 Å². The molecule has 0 saturated carbocycles. The predicted octanol–water partition coefficient (Wildman–Crippen LogP) is 3.93. The van der Waals surface area contributed by atoms with E-state index in [0.29, 0.717) is 33.3 Å². The van der Waals surface area contributed by atoms with E-state index in [2.05, 4.69) is 5.32 Å². The molecule has 0 aliphatic heterocycles. The molecule has 0 unspecified atom stereocenters. The topological polar surface area (TPSA) is 86.8 Å². The maximum absolute atomic E-state index is 13.5. The van der Waals surface area contributed by atoms with Crippen LogP contribution in [0.15, 0.2) is 36.4 Å². The number of aryl methyl sites for hydroxylation is 2. The Bertz CT molecular complexity index is 1140. The molecule has 2 aromatic carbocycles. The molecule has 0 fully saturated rings. The molecule has 180 valence electrons. The van der Waals surface area contributed by atoms with Crippen molar-refractivity contribution in [2.75, 3.05) is 24.2 Å². The number of benzene rings is 2. The van der Waals surface area contributed by atoms with Crippen LogP contribution >= 0.6 is 23.2 Å². The van der Waals surface area contributed by atoms with Gasteiger partial charge < -0.3 is 10.2 Å². The van der Waals surface area contributed by atoms with E-state index in [0.717, 1.165) is 16.1 Å². The zero-order valence-corrected chi connectivity index (χ0v) is 21.7. The molecule has 0 aliphatic rings. The van der Waals surface area contributed by atoms with Crippen molar-refractivity contribution >= 4 is 50.7 Å². The molecule has 2 amide bonds. The van der Waals surface area contributed by atoms with Crippen molar-refractivity contribution < 1.29 is 18.0 Å². The number of carbonyl (C=O) groups is 2. The first-order valence-electron chi connectivity index (χ1n) is 10.4. The molecule has 0 heterocycles. The van der Waals surface area contributed by atoms with Gasteiger partial charge >= 0.3 is 0 Å². The molecule has 2 aromatic rings. The minimum absolute atomic E-state index is 0.0190. The fourth-order valence-electron chi connectivity index (χ4n) is 3.50. The largest absolute Gasteiger partial charge is 0.357 e. The Morgan fingerprint density at radius 3 is 2.30 bits per heavy atom. The molecule has 0 aliphatic carbocycles. The standard InChI is InChI=1S/C23H29Cl2N3O4S/c1-6-20(23(30)26-4)27(13-17-9-10-18(24)12-19(17)25)22(29)14-28(33(5,31)32)21-11-15(2)7-8-16(21)3/h7-12,20H,6,13-14H2,1-5H3,(H,26,30)/t20-/m1/s1. The highest BCUT2D eigenvalue weighted by Gasteiger charge is 2.32. The molecule has 0 saturated heterocycles. The van der Waals surface area contributed by atoms with Gasteiger partial charge in [-0.25, -0.2) is 8.42 Å². The first kappa shape index (κ1) is 27.0. The number of rotatable bonds is 9. The second-order valence-electron chi connectivity index (χ2n) is 7.86. The second kappa shape index (κ2) is 11.2. The minimum atomic E-state index is -3.79. The lowest BCUT2D eigenvalue weighted by Gasteiger charge is -2.33. The van der Waals surface area contributed by atoms with E-state index in [1.54, 1.807) is 44.2 Å². The Hall–Kier alpha value is -2.29. The highest BCUT2D eigenvalue weighted by molar-refractivity contribution is 7.92. The van der Waals surface area contributed by atoms with Gasteiger partial charge in [-0.1, -0.05) is 48.3 Å². The summed E-state index contributed by atoms with van der Waals surface area (Å²) in [6, 6.07) is 9.47. The lowest BCUT2D eigenvalue weighted by Crippen LogP contribution is -2.51. The van der Waals surface area contributed by atoms with E-state index in [9.17, 15) is 18.0 Å². The van der Waals surface area contributed by atoms with Crippen molar-refractivity contribution in [1.29, 1.82) is 0 Å². The van der Waals surface area contributed by atoms with Gasteiger partial charge in [0.15, 0.2) is 0 Å². The number of anilines is 1.